The quantitative estimate of drug-likeness (QED) is 0.436. The minimum atomic E-state index is 0.483. The molecule has 108 valence electrons. The highest BCUT2D eigenvalue weighted by Crippen LogP contribution is 2.37. The van der Waals surface area contributed by atoms with Gasteiger partial charge in [0.1, 0.15) is 5.75 Å². The van der Waals surface area contributed by atoms with E-state index < -0.39 is 0 Å². The molecule has 0 radical (unpaired) electrons. The molecule has 0 saturated carbocycles. The molecule has 0 unspecified atom stereocenters. The van der Waals surface area contributed by atoms with E-state index in [1.54, 1.807) is 12.1 Å². The number of alkyl halides is 1. The maximum Gasteiger partial charge on any atom is 0.156 e. The molecule has 0 atom stereocenters. The molecule has 2 nitrogen and oxygen atoms in total. The fourth-order valence-electron chi connectivity index (χ4n) is 1.65. The topological polar surface area (TPSA) is 18.5 Å². The highest BCUT2D eigenvalue weighted by Gasteiger charge is 2.10. The van der Waals surface area contributed by atoms with Crippen LogP contribution in [0.5, 0.6) is 11.5 Å². The van der Waals surface area contributed by atoms with Gasteiger partial charge in [-0.3, -0.25) is 0 Å². The van der Waals surface area contributed by atoms with E-state index in [2.05, 4.69) is 0 Å². The van der Waals surface area contributed by atoms with Crippen molar-refractivity contribution in [3.05, 3.63) is 22.2 Å². The number of hydrogen-bond donors (Lipinski definition) is 0. The first kappa shape index (κ1) is 16.7. The van der Waals surface area contributed by atoms with E-state index in [1.165, 1.54) is 0 Å². The van der Waals surface area contributed by atoms with Gasteiger partial charge in [-0.2, -0.15) is 0 Å². The summed E-state index contributed by atoms with van der Waals surface area (Å²) in [6.45, 7) is 3.09. The number of halogens is 3. The molecule has 1 rings (SSSR count). The third-order valence-corrected chi connectivity index (χ3v) is 3.39. The van der Waals surface area contributed by atoms with E-state index in [0.717, 1.165) is 31.6 Å². The first-order chi connectivity index (χ1) is 9.19. The molecule has 0 spiro atoms. The molecule has 0 fully saturated rings. The van der Waals surface area contributed by atoms with Crippen molar-refractivity contribution in [2.75, 3.05) is 19.1 Å². The van der Waals surface area contributed by atoms with Gasteiger partial charge in [0, 0.05) is 18.0 Å². The van der Waals surface area contributed by atoms with Crippen molar-refractivity contribution < 1.29 is 9.47 Å². The lowest BCUT2D eigenvalue weighted by molar-refractivity contribution is 0.303. The van der Waals surface area contributed by atoms with Gasteiger partial charge >= 0.3 is 0 Å². The van der Waals surface area contributed by atoms with Crippen LogP contribution in [0.1, 0.15) is 32.6 Å². The van der Waals surface area contributed by atoms with Crippen molar-refractivity contribution in [1.82, 2.24) is 0 Å². The summed E-state index contributed by atoms with van der Waals surface area (Å²) in [5.41, 5.74) is 0. The average Bonchev–Trinajstić information content (AvgIpc) is 2.36. The van der Waals surface area contributed by atoms with Gasteiger partial charge < -0.3 is 9.47 Å². The summed E-state index contributed by atoms with van der Waals surface area (Å²) >= 11 is 17.9. The zero-order valence-electron chi connectivity index (χ0n) is 11.1. The zero-order valence-corrected chi connectivity index (χ0v) is 13.3. The normalized spacial score (nSPS) is 10.5. The van der Waals surface area contributed by atoms with E-state index in [4.69, 9.17) is 44.3 Å². The van der Waals surface area contributed by atoms with Gasteiger partial charge in [0.15, 0.2) is 5.75 Å². The Morgan fingerprint density at radius 1 is 0.947 bits per heavy atom. The Hall–Kier alpha value is -0.310. The molecule has 1 aromatic carbocycles. The fourth-order valence-corrected chi connectivity index (χ4v) is 2.41. The van der Waals surface area contributed by atoms with Crippen LogP contribution in [-0.2, 0) is 0 Å². The Labute approximate surface area is 129 Å². The Balaban J connectivity index is 2.45. The number of ether oxygens (including phenoxy) is 2. The van der Waals surface area contributed by atoms with Crippen molar-refractivity contribution in [2.45, 2.75) is 32.6 Å². The average molecular weight is 326 g/mol. The number of rotatable bonds is 9. The van der Waals surface area contributed by atoms with Crippen LogP contribution >= 0.6 is 34.8 Å². The van der Waals surface area contributed by atoms with Crippen molar-refractivity contribution in [3.63, 3.8) is 0 Å². The summed E-state index contributed by atoms with van der Waals surface area (Å²) in [5.74, 6) is 1.91. The molecule has 0 aliphatic rings. The monoisotopic (exact) mass is 324 g/mol. The smallest absolute Gasteiger partial charge is 0.156 e. The van der Waals surface area contributed by atoms with Crippen molar-refractivity contribution in [1.29, 1.82) is 0 Å². The number of hydrogen-bond acceptors (Lipinski definition) is 2. The van der Waals surface area contributed by atoms with Crippen LogP contribution in [0.25, 0.3) is 0 Å². The van der Waals surface area contributed by atoms with Crippen LogP contribution in [0.3, 0.4) is 0 Å². The molecular weight excluding hydrogens is 307 g/mol. The van der Waals surface area contributed by atoms with Crippen LogP contribution in [0.4, 0.5) is 0 Å². The van der Waals surface area contributed by atoms with E-state index in [-0.39, 0.29) is 0 Å². The van der Waals surface area contributed by atoms with E-state index in [1.807, 2.05) is 6.92 Å². The third kappa shape index (κ3) is 6.11. The molecule has 0 aliphatic carbocycles. The Morgan fingerprint density at radius 2 is 1.58 bits per heavy atom. The fraction of sp³-hybridized carbons (Fsp3) is 0.571. The lowest BCUT2D eigenvalue weighted by Gasteiger charge is -2.12. The minimum absolute atomic E-state index is 0.483. The summed E-state index contributed by atoms with van der Waals surface area (Å²) < 4.78 is 11.0. The van der Waals surface area contributed by atoms with Crippen LogP contribution in [0.15, 0.2) is 12.1 Å². The number of unbranched alkanes of at least 4 members (excludes halogenated alkanes) is 3. The van der Waals surface area contributed by atoms with Crippen LogP contribution < -0.4 is 9.47 Å². The summed E-state index contributed by atoms with van der Waals surface area (Å²) in [4.78, 5) is 0. The van der Waals surface area contributed by atoms with Crippen LogP contribution in [-0.4, -0.2) is 19.1 Å². The van der Waals surface area contributed by atoms with Crippen molar-refractivity contribution >= 4 is 34.8 Å². The second kappa shape index (κ2) is 9.57. The Kier molecular flexibility index (Phi) is 8.43. The molecular formula is C14H19Cl3O2. The lowest BCUT2D eigenvalue weighted by Crippen LogP contribution is -1.99. The summed E-state index contributed by atoms with van der Waals surface area (Å²) in [6, 6.07) is 3.44. The standard InChI is InChI=1S/C14H19Cl3O2/c1-2-18-11-9-12(16)14(13(17)10-11)19-8-6-4-3-5-7-15/h9-10H,2-8H2,1H3. The SMILES string of the molecule is CCOc1cc(Cl)c(OCCCCCCCl)c(Cl)c1. The van der Waals surface area contributed by atoms with Crippen molar-refractivity contribution in [3.8, 4) is 11.5 Å². The van der Waals surface area contributed by atoms with Gasteiger partial charge in [-0.1, -0.05) is 36.0 Å². The largest absolute Gasteiger partial charge is 0.494 e. The minimum Gasteiger partial charge on any atom is -0.494 e. The molecule has 5 heteroatoms. The first-order valence-electron chi connectivity index (χ1n) is 6.49. The zero-order chi connectivity index (χ0) is 14.1. The molecule has 19 heavy (non-hydrogen) atoms. The molecule has 0 aromatic heterocycles. The van der Waals surface area contributed by atoms with Gasteiger partial charge in [0.2, 0.25) is 0 Å². The molecule has 0 saturated heterocycles. The maximum atomic E-state index is 6.13. The molecule has 0 heterocycles. The van der Waals surface area contributed by atoms with Gasteiger partial charge in [-0.05, 0) is 19.8 Å². The summed E-state index contributed by atoms with van der Waals surface area (Å²) in [5, 5.41) is 0.966. The molecule has 0 N–H and O–H groups in total. The van der Waals surface area contributed by atoms with E-state index >= 15 is 0 Å². The maximum absolute atomic E-state index is 6.13. The van der Waals surface area contributed by atoms with Crippen molar-refractivity contribution in [2.24, 2.45) is 0 Å². The second-order valence-corrected chi connectivity index (χ2v) is 5.29. The van der Waals surface area contributed by atoms with Gasteiger partial charge in [-0.15, -0.1) is 11.6 Å². The predicted molar refractivity (Wildman–Crippen MR) is 82.3 cm³/mol. The van der Waals surface area contributed by atoms with Crippen LogP contribution in [0, 0.1) is 0 Å². The van der Waals surface area contributed by atoms with Gasteiger partial charge in [-0.25, -0.2) is 0 Å². The number of benzene rings is 1. The lowest BCUT2D eigenvalue weighted by atomic mass is 10.2. The third-order valence-electron chi connectivity index (χ3n) is 2.56. The predicted octanol–water partition coefficient (Wildman–Crippen LogP) is 5.57. The van der Waals surface area contributed by atoms with E-state index in [0.29, 0.717) is 34.8 Å². The molecule has 0 amide bonds. The van der Waals surface area contributed by atoms with Crippen LogP contribution in [0.2, 0.25) is 10.0 Å². The van der Waals surface area contributed by atoms with Gasteiger partial charge in [0.25, 0.3) is 0 Å². The molecule has 1 aromatic rings. The molecule has 0 aliphatic heterocycles. The summed E-state index contributed by atoms with van der Waals surface area (Å²) in [7, 11) is 0. The highest BCUT2D eigenvalue weighted by molar-refractivity contribution is 6.37. The Bertz CT molecular complexity index is 360. The Morgan fingerprint density at radius 3 is 2.16 bits per heavy atom. The summed E-state index contributed by atoms with van der Waals surface area (Å²) in [6.07, 6.45) is 4.24. The molecule has 0 bridgehead atoms. The second-order valence-electron chi connectivity index (χ2n) is 4.10. The van der Waals surface area contributed by atoms with Gasteiger partial charge in [0.05, 0.1) is 23.3 Å². The first-order valence-corrected chi connectivity index (χ1v) is 7.78. The van der Waals surface area contributed by atoms with E-state index in [9.17, 15) is 0 Å². The highest BCUT2D eigenvalue weighted by atomic mass is 35.5.